The van der Waals surface area contributed by atoms with E-state index in [9.17, 15) is 0 Å². The Hall–Kier alpha value is 0.820. The van der Waals surface area contributed by atoms with Crippen molar-refractivity contribution in [3.8, 4) is 0 Å². The predicted octanol–water partition coefficient (Wildman–Crippen LogP) is 4.09. The first-order chi connectivity index (χ1) is 9.72. The highest BCUT2D eigenvalue weighted by atomic mass is 127. The number of rotatable bonds is 6. The Kier molecular flexibility index (Phi) is 10.00. The lowest BCUT2D eigenvalue weighted by molar-refractivity contribution is 0.0168. The minimum atomic E-state index is 0. The Morgan fingerprint density at radius 1 is 1.19 bits per heavy atom. The molecule has 0 aromatic carbocycles. The van der Waals surface area contributed by atoms with Crippen LogP contribution >= 0.6 is 45.6 Å². The number of unbranched alkanes of at least 4 members (excludes halogenated alkanes) is 3. The zero-order chi connectivity index (χ0) is 14.4. The molecule has 0 spiro atoms. The van der Waals surface area contributed by atoms with Gasteiger partial charge in [0.2, 0.25) is 0 Å². The molecular weight excluding hydrogens is 415 g/mol. The Labute approximate surface area is 154 Å². The first-order valence-electron chi connectivity index (χ1n) is 7.82. The van der Waals surface area contributed by atoms with E-state index in [1.807, 2.05) is 21.6 Å². The Morgan fingerprint density at radius 3 is 2.62 bits per heavy atom. The number of halogens is 1. The molecule has 0 aliphatic carbocycles. The summed E-state index contributed by atoms with van der Waals surface area (Å²) in [5, 5.41) is 6.18. The van der Waals surface area contributed by atoms with Crippen molar-refractivity contribution in [1.82, 2.24) is 14.9 Å². The average molecular weight is 444 g/mol. The molecule has 2 aliphatic heterocycles. The van der Waals surface area contributed by atoms with Gasteiger partial charge in [-0.15, -0.1) is 24.0 Å². The van der Waals surface area contributed by atoms with Crippen LogP contribution in [0.4, 0.5) is 0 Å². The molecule has 0 bridgehead atoms. The maximum atomic E-state index is 4.86. The molecule has 2 aliphatic rings. The van der Waals surface area contributed by atoms with Gasteiger partial charge < -0.3 is 0 Å². The van der Waals surface area contributed by atoms with Crippen LogP contribution in [0.3, 0.4) is 0 Å². The summed E-state index contributed by atoms with van der Waals surface area (Å²) in [5.74, 6) is 0. The molecule has 2 heterocycles. The molecule has 1 atom stereocenters. The summed E-state index contributed by atoms with van der Waals surface area (Å²) in [5.41, 5.74) is 0.277. The fourth-order valence-electron chi connectivity index (χ4n) is 2.52. The van der Waals surface area contributed by atoms with E-state index in [4.69, 9.17) is 4.99 Å². The van der Waals surface area contributed by atoms with Gasteiger partial charge >= 0.3 is 0 Å². The van der Waals surface area contributed by atoms with E-state index < -0.39 is 0 Å². The van der Waals surface area contributed by atoms with E-state index in [1.54, 1.807) is 0 Å². The Balaban J connectivity index is 0.00000220. The summed E-state index contributed by atoms with van der Waals surface area (Å²) >= 11 is 0. The molecule has 0 saturated carbocycles. The van der Waals surface area contributed by atoms with E-state index in [0.29, 0.717) is 0 Å². The third kappa shape index (κ3) is 6.08. The van der Waals surface area contributed by atoms with Crippen LogP contribution < -0.4 is 0 Å². The van der Waals surface area contributed by atoms with E-state index >= 15 is 0 Å². The zero-order valence-corrected chi connectivity index (χ0v) is 17.4. The van der Waals surface area contributed by atoms with Crippen LogP contribution in [0.15, 0.2) is 4.99 Å². The molecule has 4 nitrogen and oxygen atoms in total. The number of hydrogen-bond donors (Lipinski definition) is 0. The van der Waals surface area contributed by atoms with Crippen molar-refractivity contribution < 1.29 is 0 Å². The largest absolute Gasteiger partial charge is 0.284 e. The van der Waals surface area contributed by atoms with Crippen LogP contribution in [0, 0.1) is 0 Å². The molecule has 124 valence electrons. The van der Waals surface area contributed by atoms with Gasteiger partial charge in [-0.2, -0.15) is 0 Å². The van der Waals surface area contributed by atoms with Gasteiger partial charge in [0, 0.05) is 19.6 Å². The smallest absolute Gasteiger partial charge is 0.187 e. The second-order valence-electron chi connectivity index (χ2n) is 5.73. The third-order valence-electron chi connectivity index (χ3n) is 3.74. The number of hydrazine groups is 1. The van der Waals surface area contributed by atoms with Crippen molar-refractivity contribution in [1.29, 1.82) is 0 Å². The summed E-state index contributed by atoms with van der Waals surface area (Å²) in [4.78, 5) is 7.04. The number of amidine groups is 1. The molecule has 7 heteroatoms. The van der Waals surface area contributed by atoms with E-state index in [0.717, 1.165) is 6.54 Å². The molecule has 0 radical (unpaired) electrons. The summed E-state index contributed by atoms with van der Waals surface area (Å²) in [6, 6.07) is 0. The Morgan fingerprint density at radius 2 is 1.95 bits per heavy atom. The molecular formula is C14H29IN4S2. The van der Waals surface area contributed by atoms with E-state index in [-0.39, 0.29) is 29.5 Å². The van der Waals surface area contributed by atoms with Gasteiger partial charge in [0.25, 0.3) is 0 Å². The highest BCUT2D eigenvalue weighted by Crippen LogP contribution is 2.39. The standard InChI is InChI=1S/C14H28N4S2.HI/c1-4-5-6-7-10-17-11-8-9-12-18(17)14-15-13(16(2)3)19-20-14;/h13H,4-12H2,1-3H3;1H. The lowest BCUT2D eigenvalue weighted by Crippen LogP contribution is -2.49. The maximum Gasteiger partial charge on any atom is 0.187 e. The predicted molar refractivity (Wildman–Crippen MR) is 107 cm³/mol. The lowest BCUT2D eigenvalue weighted by Gasteiger charge is -2.39. The van der Waals surface area contributed by atoms with Crippen molar-refractivity contribution in [3.05, 3.63) is 0 Å². The van der Waals surface area contributed by atoms with Crippen molar-refractivity contribution in [3.63, 3.8) is 0 Å². The minimum absolute atomic E-state index is 0. The fourth-order valence-corrected chi connectivity index (χ4v) is 5.06. The first kappa shape index (κ1) is 19.9. The zero-order valence-electron chi connectivity index (χ0n) is 13.5. The summed E-state index contributed by atoms with van der Waals surface area (Å²) in [7, 11) is 7.90. The van der Waals surface area contributed by atoms with E-state index in [1.165, 1.54) is 56.8 Å². The lowest BCUT2D eigenvalue weighted by atomic mass is 10.2. The van der Waals surface area contributed by atoms with Gasteiger partial charge in [-0.1, -0.05) is 26.2 Å². The third-order valence-corrected chi connectivity index (χ3v) is 6.25. The molecule has 1 fully saturated rings. The topological polar surface area (TPSA) is 22.1 Å². The number of nitrogens with zero attached hydrogens (tertiary/aromatic N) is 4. The van der Waals surface area contributed by atoms with Crippen LogP contribution in [-0.2, 0) is 0 Å². The van der Waals surface area contributed by atoms with Crippen molar-refractivity contribution in [2.45, 2.75) is 50.9 Å². The number of hydrogen-bond acceptors (Lipinski definition) is 6. The minimum Gasteiger partial charge on any atom is -0.284 e. The second-order valence-corrected chi connectivity index (χ2v) is 7.95. The molecule has 0 aromatic heterocycles. The average Bonchev–Trinajstić information content (AvgIpc) is 2.94. The molecule has 0 amide bonds. The Bertz CT molecular complexity index is 328. The summed E-state index contributed by atoms with van der Waals surface area (Å²) in [6.07, 6.45) is 7.96. The summed E-state index contributed by atoms with van der Waals surface area (Å²) in [6.45, 7) is 5.80. The van der Waals surface area contributed by atoms with Gasteiger partial charge in [-0.05, 0) is 54.9 Å². The normalized spacial score (nSPS) is 23.3. The monoisotopic (exact) mass is 444 g/mol. The highest BCUT2D eigenvalue weighted by Gasteiger charge is 2.29. The van der Waals surface area contributed by atoms with E-state index in [2.05, 4.69) is 35.9 Å². The van der Waals surface area contributed by atoms with Crippen molar-refractivity contribution in [2.24, 2.45) is 4.99 Å². The first-order valence-corrected chi connectivity index (χ1v) is 10.0. The highest BCUT2D eigenvalue weighted by molar-refractivity contribution is 14.0. The van der Waals surface area contributed by atoms with Gasteiger partial charge in [-0.25, -0.2) is 10.0 Å². The van der Waals surface area contributed by atoms with Gasteiger partial charge in [0.05, 0.1) is 0 Å². The molecule has 1 unspecified atom stereocenters. The SMILES string of the molecule is CCCCCCN1CCCCN1C1=NC(N(C)C)SS1.I. The van der Waals surface area contributed by atoms with Gasteiger partial charge in [0.15, 0.2) is 10.7 Å². The molecule has 2 rings (SSSR count). The van der Waals surface area contributed by atoms with Crippen molar-refractivity contribution in [2.75, 3.05) is 33.7 Å². The molecule has 0 aromatic rings. The maximum absolute atomic E-state index is 4.86. The second kappa shape index (κ2) is 10.6. The van der Waals surface area contributed by atoms with Crippen LogP contribution in [0.2, 0.25) is 0 Å². The van der Waals surface area contributed by atoms with Gasteiger partial charge in [0.1, 0.15) is 0 Å². The van der Waals surface area contributed by atoms with Crippen molar-refractivity contribution >= 4 is 50.7 Å². The van der Waals surface area contributed by atoms with Crippen LogP contribution in [0.1, 0.15) is 45.4 Å². The summed E-state index contributed by atoms with van der Waals surface area (Å²) < 4.78 is 0. The quantitative estimate of drug-likeness (QED) is 0.349. The molecule has 0 N–H and O–H groups in total. The fraction of sp³-hybridized carbons (Fsp3) is 0.929. The van der Waals surface area contributed by atoms with Gasteiger partial charge in [-0.3, -0.25) is 9.91 Å². The van der Waals surface area contributed by atoms with Crippen LogP contribution in [0.25, 0.3) is 0 Å². The molecule has 1 saturated heterocycles. The van der Waals surface area contributed by atoms with Crippen LogP contribution in [-0.4, -0.2) is 59.3 Å². The van der Waals surface area contributed by atoms with Crippen LogP contribution in [0.5, 0.6) is 0 Å². The number of aliphatic imine (C=N–C) groups is 1. The molecule has 21 heavy (non-hydrogen) atoms.